The van der Waals surface area contributed by atoms with E-state index in [1.54, 1.807) is 0 Å². The van der Waals surface area contributed by atoms with Crippen LogP contribution in [-0.2, 0) is 4.79 Å². The maximum atomic E-state index is 12.9. The van der Waals surface area contributed by atoms with Gasteiger partial charge in [0.05, 0.1) is 6.54 Å². The van der Waals surface area contributed by atoms with Crippen LogP contribution in [0.2, 0.25) is 0 Å². The van der Waals surface area contributed by atoms with E-state index in [2.05, 4.69) is 24.9 Å². The molecule has 192 valence electrons. The third-order valence-corrected chi connectivity index (χ3v) is 8.88. The molecule has 0 aromatic heterocycles. The van der Waals surface area contributed by atoms with Gasteiger partial charge in [0.1, 0.15) is 0 Å². The van der Waals surface area contributed by atoms with Gasteiger partial charge in [0.15, 0.2) is 0 Å². The topological polar surface area (TPSA) is 59.1 Å². The summed E-state index contributed by atoms with van der Waals surface area (Å²) in [5.41, 5.74) is 0.741. The molecule has 35 heavy (non-hydrogen) atoms. The van der Waals surface area contributed by atoms with Crippen LogP contribution in [0.1, 0.15) is 55.3 Å². The van der Waals surface area contributed by atoms with Gasteiger partial charge in [-0.15, -0.1) is 0 Å². The minimum atomic E-state index is 0.0375. The van der Waals surface area contributed by atoms with Gasteiger partial charge in [-0.2, -0.15) is 0 Å². The van der Waals surface area contributed by atoms with Gasteiger partial charge in [0.2, 0.25) is 5.91 Å². The summed E-state index contributed by atoms with van der Waals surface area (Å²) in [5, 5.41) is 3.16. The molecule has 2 aliphatic carbocycles. The van der Waals surface area contributed by atoms with Crippen molar-refractivity contribution in [2.75, 3.05) is 65.4 Å². The van der Waals surface area contributed by atoms with E-state index in [0.29, 0.717) is 24.4 Å². The second-order valence-corrected chi connectivity index (χ2v) is 11.1. The van der Waals surface area contributed by atoms with E-state index < -0.39 is 0 Å². The number of carbonyl (C=O) groups is 2. The predicted octanol–water partition coefficient (Wildman–Crippen LogP) is 2.29. The Kier molecular flexibility index (Phi) is 8.37. The molecule has 0 bridgehead atoms. The van der Waals surface area contributed by atoms with Gasteiger partial charge in [-0.1, -0.05) is 31.0 Å². The smallest absolute Gasteiger partial charge is 0.251 e. The fourth-order valence-corrected chi connectivity index (χ4v) is 6.37. The molecule has 7 nitrogen and oxygen atoms in total. The number of hydrogen-bond donors (Lipinski definition) is 1. The molecule has 2 unspecified atom stereocenters. The van der Waals surface area contributed by atoms with Crippen LogP contribution in [0.5, 0.6) is 0 Å². The van der Waals surface area contributed by atoms with Gasteiger partial charge >= 0.3 is 0 Å². The summed E-state index contributed by atoms with van der Waals surface area (Å²) >= 11 is 0. The van der Waals surface area contributed by atoms with Crippen LogP contribution < -0.4 is 5.32 Å². The normalized spacial score (nSPS) is 27.4. The molecule has 4 fully saturated rings. The molecular formula is C28H43N5O2. The van der Waals surface area contributed by atoms with Crippen LogP contribution in [0.15, 0.2) is 30.3 Å². The fourth-order valence-electron chi connectivity index (χ4n) is 6.37. The summed E-state index contributed by atoms with van der Waals surface area (Å²) in [5.74, 6) is 0.911. The zero-order valence-electron chi connectivity index (χ0n) is 21.2. The maximum absolute atomic E-state index is 12.9. The number of rotatable bonds is 7. The second-order valence-electron chi connectivity index (χ2n) is 11.1. The SMILES string of the molecule is O=C(NCC1CCCC(N2CCN(CC(=O)N3CCN(C4CCC4)CC3)CC2)C1)c1ccccc1. The van der Waals surface area contributed by atoms with Gasteiger partial charge in [-0.3, -0.25) is 24.3 Å². The van der Waals surface area contributed by atoms with Crippen molar-refractivity contribution in [2.45, 2.75) is 57.0 Å². The van der Waals surface area contributed by atoms with Crippen LogP contribution in [0.4, 0.5) is 0 Å². The number of piperazine rings is 2. The third kappa shape index (κ3) is 6.43. The molecule has 2 saturated carbocycles. The number of carbonyl (C=O) groups excluding carboxylic acids is 2. The quantitative estimate of drug-likeness (QED) is 0.648. The van der Waals surface area contributed by atoms with Crippen LogP contribution in [-0.4, -0.2) is 109 Å². The minimum absolute atomic E-state index is 0.0375. The van der Waals surface area contributed by atoms with Crippen LogP contribution in [0.25, 0.3) is 0 Å². The first-order valence-electron chi connectivity index (χ1n) is 14.0. The summed E-state index contributed by atoms with van der Waals surface area (Å²) in [6.07, 6.45) is 8.94. The van der Waals surface area contributed by atoms with Gasteiger partial charge in [0.25, 0.3) is 5.91 Å². The van der Waals surface area contributed by atoms with Gasteiger partial charge in [-0.05, 0) is 50.2 Å². The Balaban J connectivity index is 1.00. The molecule has 1 N–H and O–H groups in total. The first-order valence-corrected chi connectivity index (χ1v) is 14.0. The Hall–Kier alpha value is -1.96. The van der Waals surface area contributed by atoms with E-state index in [9.17, 15) is 9.59 Å². The highest BCUT2D eigenvalue weighted by molar-refractivity contribution is 5.94. The Morgan fingerprint density at radius 3 is 2.09 bits per heavy atom. The summed E-state index contributed by atoms with van der Waals surface area (Å²) in [6.45, 7) is 9.34. The summed E-state index contributed by atoms with van der Waals surface area (Å²) in [4.78, 5) is 35.0. The number of nitrogens with zero attached hydrogens (tertiary/aromatic N) is 4. The summed E-state index contributed by atoms with van der Waals surface area (Å²) < 4.78 is 0. The monoisotopic (exact) mass is 481 g/mol. The molecule has 7 heteroatoms. The number of amides is 2. The van der Waals surface area contributed by atoms with Crippen LogP contribution >= 0.6 is 0 Å². The molecule has 2 atom stereocenters. The van der Waals surface area contributed by atoms with E-state index in [-0.39, 0.29) is 5.91 Å². The summed E-state index contributed by atoms with van der Waals surface area (Å²) in [6, 6.07) is 10.9. The maximum Gasteiger partial charge on any atom is 0.251 e. The van der Waals surface area contributed by atoms with Crippen LogP contribution in [0.3, 0.4) is 0 Å². The number of hydrogen-bond acceptors (Lipinski definition) is 5. The number of nitrogens with one attached hydrogen (secondary N) is 1. The first kappa shape index (κ1) is 24.7. The lowest BCUT2D eigenvalue weighted by atomic mass is 9.84. The first-order chi connectivity index (χ1) is 17.2. The Labute approximate surface area is 210 Å². The highest BCUT2D eigenvalue weighted by Crippen LogP contribution is 2.28. The lowest BCUT2D eigenvalue weighted by Crippen LogP contribution is -2.57. The average Bonchev–Trinajstić information content (AvgIpc) is 2.88. The largest absolute Gasteiger partial charge is 0.352 e. The molecule has 2 aliphatic heterocycles. The molecule has 5 rings (SSSR count). The molecule has 4 aliphatic rings. The van der Waals surface area contributed by atoms with Gasteiger partial charge in [-0.25, -0.2) is 0 Å². The molecule has 2 heterocycles. The Bertz CT molecular complexity index is 829. The van der Waals surface area contributed by atoms with Crippen molar-refractivity contribution in [3.63, 3.8) is 0 Å². The molecular weight excluding hydrogens is 438 g/mol. The summed E-state index contributed by atoms with van der Waals surface area (Å²) in [7, 11) is 0. The van der Waals surface area contributed by atoms with Crippen molar-refractivity contribution in [1.29, 1.82) is 0 Å². The highest BCUT2D eigenvalue weighted by Gasteiger charge is 2.32. The van der Waals surface area contributed by atoms with Crippen molar-refractivity contribution in [3.05, 3.63) is 35.9 Å². The lowest BCUT2D eigenvalue weighted by molar-refractivity contribution is -0.135. The van der Waals surface area contributed by atoms with Gasteiger partial charge < -0.3 is 10.2 Å². The van der Waals surface area contributed by atoms with E-state index in [4.69, 9.17) is 0 Å². The third-order valence-electron chi connectivity index (χ3n) is 8.88. The number of benzene rings is 1. The van der Waals surface area contributed by atoms with E-state index in [1.807, 2.05) is 30.3 Å². The minimum Gasteiger partial charge on any atom is -0.352 e. The molecule has 1 aromatic rings. The predicted molar refractivity (Wildman–Crippen MR) is 138 cm³/mol. The second kappa shape index (κ2) is 11.8. The molecule has 0 spiro atoms. The van der Waals surface area contributed by atoms with Crippen LogP contribution in [0, 0.1) is 5.92 Å². The van der Waals surface area contributed by atoms with E-state index in [1.165, 1.54) is 44.9 Å². The standard InChI is InChI=1S/C28H43N5O2/c34-27(33-18-16-31(17-19-33)25-9-5-10-25)22-30-12-14-32(15-13-30)26-11-4-6-23(20-26)21-29-28(35)24-7-2-1-3-8-24/h1-3,7-8,23,25-26H,4-6,9-22H2,(H,29,35). The van der Waals surface area contributed by atoms with Gasteiger partial charge in [0, 0.05) is 76.5 Å². The molecule has 2 saturated heterocycles. The molecule has 0 radical (unpaired) electrons. The average molecular weight is 482 g/mol. The van der Waals surface area contributed by atoms with Crippen molar-refractivity contribution in [1.82, 2.24) is 24.9 Å². The van der Waals surface area contributed by atoms with Crippen molar-refractivity contribution < 1.29 is 9.59 Å². The van der Waals surface area contributed by atoms with E-state index >= 15 is 0 Å². The van der Waals surface area contributed by atoms with E-state index in [0.717, 1.165) is 70.5 Å². The zero-order valence-corrected chi connectivity index (χ0v) is 21.2. The molecule has 2 amide bonds. The van der Waals surface area contributed by atoms with Crippen molar-refractivity contribution >= 4 is 11.8 Å². The molecule has 1 aromatic carbocycles. The van der Waals surface area contributed by atoms with Crippen molar-refractivity contribution in [3.8, 4) is 0 Å². The Morgan fingerprint density at radius 1 is 0.771 bits per heavy atom. The lowest BCUT2D eigenvalue weighted by Gasteiger charge is -2.44. The Morgan fingerprint density at radius 2 is 1.40 bits per heavy atom. The van der Waals surface area contributed by atoms with Crippen molar-refractivity contribution in [2.24, 2.45) is 5.92 Å². The zero-order chi connectivity index (χ0) is 24.0. The highest BCUT2D eigenvalue weighted by atomic mass is 16.2. The fraction of sp³-hybridized carbons (Fsp3) is 0.714.